The molecule has 0 spiro atoms. The van der Waals surface area contributed by atoms with Gasteiger partial charge in [-0.2, -0.15) is 5.10 Å². The molecule has 20 heavy (non-hydrogen) atoms. The van der Waals surface area contributed by atoms with Crippen LogP contribution in [0.2, 0.25) is 0 Å². The molecule has 0 saturated heterocycles. The third-order valence-electron chi connectivity index (χ3n) is 3.61. The Balaban J connectivity index is 2.05. The molecule has 0 amide bonds. The highest BCUT2D eigenvalue weighted by Crippen LogP contribution is 2.27. The molecule has 1 atom stereocenters. The third-order valence-corrected chi connectivity index (χ3v) is 4.30. The number of nitrogens with one attached hydrogen (secondary N) is 1. The second-order valence-electron chi connectivity index (χ2n) is 4.87. The summed E-state index contributed by atoms with van der Waals surface area (Å²) in [7, 11) is 3.64. The van der Waals surface area contributed by atoms with E-state index in [9.17, 15) is 0 Å². The first-order valence-corrected chi connectivity index (χ1v) is 7.36. The maximum absolute atomic E-state index is 5.22. The van der Waals surface area contributed by atoms with Crippen LogP contribution in [0.1, 0.15) is 29.8 Å². The largest absolute Gasteiger partial charge is 0.497 e. The van der Waals surface area contributed by atoms with Crippen molar-refractivity contribution in [3.63, 3.8) is 0 Å². The maximum atomic E-state index is 5.22. The summed E-state index contributed by atoms with van der Waals surface area (Å²) in [4.78, 5) is 0. The third kappa shape index (κ3) is 3.22. The minimum atomic E-state index is 0.245. The first kappa shape index (κ1) is 15.1. The summed E-state index contributed by atoms with van der Waals surface area (Å²) in [5.74, 6) is 0.857. The number of ether oxygens (including phenoxy) is 1. The summed E-state index contributed by atoms with van der Waals surface area (Å²) in [6, 6.07) is 6.29. The summed E-state index contributed by atoms with van der Waals surface area (Å²) >= 11 is 3.60. The Morgan fingerprint density at radius 1 is 1.45 bits per heavy atom. The lowest BCUT2D eigenvalue weighted by Gasteiger charge is -2.16. The topological polar surface area (TPSA) is 39.1 Å². The number of rotatable bonds is 5. The molecule has 4 nitrogen and oxygen atoms in total. The second-order valence-corrected chi connectivity index (χ2v) is 5.72. The fraction of sp³-hybridized carbons (Fsp3) is 0.400. The Kier molecular flexibility index (Phi) is 4.83. The highest BCUT2D eigenvalue weighted by atomic mass is 79.9. The van der Waals surface area contributed by atoms with E-state index in [2.05, 4.69) is 46.3 Å². The molecular weight excluding hydrogens is 318 g/mol. The van der Waals surface area contributed by atoms with E-state index in [0.717, 1.165) is 16.8 Å². The summed E-state index contributed by atoms with van der Waals surface area (Å²) in [5.41, 5.74) is 3.63. The van der Waals surface area contributed by atoms with Crippen molar-refractivity contribution in [2.45, 2.75) is 26.4 Å². The SMILES string of the molecule is COc1ccc([C@@H](C)NCc2cnn(C)c2C)c(Br)c1. The van der Waals surface area contributed by atoms with Gasteiger partial charge in [0.05, 0.1) is 13.3 Å². The molecule has 0 bridgehead atoms. The average molecular weight is 338 g/mol. The number of methoxy groups -OCH3 is 1. The van der Waals surface area contributed by atoms with Crippen molar-refractivity contribution in [2.24, 2.45) is 7.05 Å². The van der Waals surface area contributed by atoms with Crippen LogP contribution in [0.5, 0.6) is 5.75 Å². The number of hydrogen-bond donors (Lipinski definition) is 1. The molecule has 0 unspecified atom stereocenters. The monoisotopic (exact) mass is 337 g/mol. The predicted octanol–water partition coefficient (Wildman–Crippen LogP) is 3.35. The van der Waals surface area contributed by atoms with Gasteiger partial charge in [-0.1, -0.05) is 22.0 Å². The molecule has 0 aliphatic carbocycles. The number of aryl methyl sites for hydroxylation is 1. The fourth-order valence-corrected chi connectivity index (χ4v) is 2.78. The zero-order chi connectivity index (χ0) is 14.7. The van der Waals surface area contributed by atoms with Crippen molar-refractivity contribution < 1.29 is 4.74 Å². The quantitative estimate of drug-likeness (QED) is 0.909. The molecular formula is C15H20BrN3O. The highest BCUT2D eigenvalue weighted by Gasteiger charge is 2.11. The molecule has 0 fully saturated rings. The van der Waals surface area contributed by atoms with E-state index in [1.807, 2.05) is 30.1 Å². The maximum Gasteiger partial charge on any atom is 0.120 e. The Morgan fingerprint density at radius 3 is 2.75 bits per heavy atom. The van der Waals surface area contributed by atoms with E-state index in [0.29, 0.717) is 0 Å². The van der Waals surface area contributed by atoms with Crippen LogP contribution in [-0.2, 0) is 13.6 Å². The van der Waals surface area contributed by atoms with Crippen molar-refractivity contribution in [3.8, 4) is 5.75 Å². The Bertz CT molecular complexity index is 595. The van der Waals surface area contributed by atoms with Gasteiger partial charge in [-0.25, -0.2) is 0 Å². The van der Waals surface area contributed by atoms with Crippen molar-refractivity contribution in [2.75, 3.05) is 7.11 Å². The van der Waals surface area contributed by atoms with Crippen LogP contribution < -0.4 is 10.1 Å². The first-order valence-electron chi connectivity index (χ1n) is 6.57. The first-order chi connectivity index (χ1) is 9.52. The van der Waals surface area contributed by atoms with Gasteiger partial charge >= 0.3 is 0 Å². The van der Waals surface area contributed by atoms with Gasteiger partial charge in [-0.15, -0.1) is 0 Å². The summed E-state index contributed by atoms with van der Waals surface area (Å²) in [6.07, 6.45) is 1.91. The minimum absolute atomic E-state index is 0.245. The van der Waals surface area contributed by atoms with Gasteiger partial charge in [0.15, 0.2) is 0 Å². The van der Waals surface area contributed by atoms with Crippen LogP contribution in [0, 0.1) is 6.92 Å². The van der Waals surface area contributed by atoms with Crippen molar-refractivity contribution in [3.05, 3.63) is 45.7 Å². The van der Waals surface area contributed by atoms with Gasteiger partial charge in [0.1, 0.15) is 5.75 Å². The molecule has 5 heteroatoms. The molecule has 0 aliphatic heterocycles. The van der Waals surface area contributed by atoms with E-state index in [1.165, 1.54) is 16.8 Å². The molecule has 2 rings (SSSR count). The van der Waals surface area contributed by atoms with E-state index < -0.39 is 0 Å². The number of benzene rings is 1. The van der Waals surface area contributed by atoms with Crippen LogP contribution in [0.25, 0.3) is 0 Å². The lowest BCUT2D eigenvalue weighted by atomic mass is 10.1. The van der Waals surface area contributed by atoms with Crippen LogP contribution >= 0.6 is 15.9 Å². The van der Waals surface area contributed by atoms with Crippen LogP contribution in [0.4, 0.5) is 0 Å². The number of nitrogens with zero attached hydrogens (tertiary/aromatic N) is 2. The van der Waals surface area contributed by atoms with Gasteiger partial charge in [0.2, 0.25) is 0 Å². The second kappa shape index (κ2) is 6.41. The van der Waals surface area contributed by atoms with E-state index >= 15 is 0 Å². The molecule has 1 aromatic heterocycles. The van der Waals surface area contributed by atoms with Gasteiger partial charge in [-0.05, 0) is 31.5 Å². The van der Waals surface area contributed by atoms with Crippen molar-refractivity contribution in [1.29, 1.82) is 0 Å². The molecule has 0 saturated carbocycles. The van der Waals surface area contributed by atoms with Gasteiger partial charge in [-0.3, -0.25) is 4.68 Å². The summed E-state index contributed by atoms with van der Waals surface area (Å²) in [6.45, 7) is 5.04. The summed E-state index contributed by atoms with van der Waals surface area (Å²) in [5, 5.41) is 7.78. The Hall–Kier alpha value is -1.33. The Morgan fingerprint density at radius 2 is 2.20 bits per heavy atom. The molecule has 1 heterocycles. The predicted molar refractivity (Wildman–Crippen MR) is 83.9 cm³/mol. The van der Waals surface area contributed by atoms with Crippen molar-refractivity contribution >= 4 is 15.9 Å². The molecule has 0 radical (unpaired) electrons. The summed E-state index contributed by atoms with van der Waals surface area (Å²) < 4.78 is 8.17. The van der Waals surface area contributed by atoms with E-state index in [4.69, 9.17) is 4.74 Å². The zero-order valence-corrected chi connectivity index (χ0v) is 13.9. The van der Waals surface area contributed by atoms with Crippen LogP contribution in [-0.4, -0.2) is 16.9 Å². The molecule has 0 aliphatic rings. The standard InChI is InChI=1S/C15H20BrN3O/c1-10(14-6-5-13(20-4)7-15(14)16)17-8-12-9-18-19(3)11(12)2/h5-7,9-10,17H,8H2,1-4H3/t10-/m1/s1. The number of aromatic nitrogens is 2. The normalized spacial score (nSPS) is 12.4. The molecule has 2 aromatic rings. The Labute approximate surface area is 128 Å². The molecule has 108 valence electrons. The lowest BCUT2D eigenvalue weighted by molar-refractivity contribution is 0.414. The van der Waals surface area contributed by atoms with Crippen molar-refractivity contribution in [1.82, 2.24) is 15.1 Å². The lowest BCUT2D eigenvalue weighted by Crippen LogP contribution is -2.18. The minimum Gasteiger partial charge on any atom is -0.497 e. The van der Waals surface area contributed by atoms with Gasteiger partial charge < -0.3 is 10.1 Å². The highest BCUT2D eigenvalue weighted by molar-refractivity contribution is 9.10. The van der Waals surface area contributed by atoms with E-state index in [-0.39, 0.29) is 6.04 Å². The zero-order valence-electron chi connectivity index (χ0n) is 12.3. The average Bonchev–Trinajstić information content (AvgIpc) is 2.76. The number of hydrogen-bond acceptors (Lipinski definition) is 3. The smallest absolute Gasteiger partial charge is 0.120 e. The van der Waals surface area contributed by atoms with E-state index in [1.54, 1.807) is 7.11 Å². The molecule has 1 aromatic carbocycles. The molecule has 1 N–H and O–H groups in total. The van der Waals surface area contributed by atoms with Gasteiger partial charge in [0, 0.05) is 35.4 Å². The van der Waals surface area contributed by atoms with Gasteiger partial charge in [0.25, 0.3) is 0 Å². The number of halogens is 1. The fourth-order valence-electron chi connectivity index (χ4n) is 2.08. The van der Waals surface area contributed by atoms with Crippen LogP contribution in [0.3, 0.4) is 0 Å². The van der Waals surface area contributed by atoms with Crippen LogP contribution in [0.15, 0.2) is 28.9 Å².